The molecule has 2 unspecified atom stereocenters. The lowest BCUT2D eigenvalue weighted by molar-refractivity contribution is -0.144. The number of rotatable bonds is 9. The fraction of sp³-hybridized carbons (Fsp3) is 0.515. The molecule has 0 amide bonds. The molecule has 0 spiro atoms. The van der Waals surface area contributed by atoms with Crippen LogP contribution in [-0.4, -0.2) is 67.1 Å². The Morgan fingerprint density at radius 3 is 2.58 bits per heavy atom. The van der Waals surface area contributed by atoms with Gasteiger partial charge < -0.3 is 14.7 Å². The van der Waals surface area contributed by atoms with Gasteiger partial charge in [-0.3, -0.25) is 9.69 Å². The van der Waals surface area contributed by atoms with Crippen molar-refractivity contribution in [3.05, 3.63) is 64.0 Å². The van der Waals surface area contributed by atoms with Crippen LogP contribution in [-0.2, 0) is 27.8 Å². The predicted octanol–water partition coefficient (Wildman–Crippen LogP) is 5.56. The zero-order valence-electron chi connectivity index (χ0n) is 25.2. The Morgan fingerprint density at radius 2 is 1.88 bits per heavy atom. The number of aromatic nitrogens is 1. The number of nitrogens with zero attached hydrogens (tertiary/aromatic N) is 3. The van der Waals surface area contributed by atoms with E-state index in [-0.39, 0.29) is 29.5 Å². The van der Waals surface area contributed by atoms with E-state index in [2.05, 4.69) is 59.4 Å². The maximum absolute atomic E-state index is 12.1. The number of aliphatic carboxylic acids is 1. The minimum Gasteiger partial charge on any atom is -0.488 e. The maximum Gasteiger partial charge on any atom is 0.307 e. The van der Waals surface area contributed by atoms with Crippen LogP contribution in [0.2, 0.25) is 0 Å². The number of carbonyl (C=O) groups is 1. The molecule has 1 N–H and O–H groups in total. The first-order valence-electron chi connectivity index (χ1n) is 15.2. The average molecular weight is 624 g/mol. The van der Waals surface area contributed by atoms with E-state index in [1.54, 1.807) is 11.3 Å². The second-order valence-corrected chi connectivity index (χ2v) is 15.8. The standard InChI is InChI=1S/C33H41N3O5S2/c1-21-6-11-30(28(13-21)29-19-42-33(34-29)36-16-24-9-10-25(17-36)31(24)32(37)38)41-18-26-8-7-23(14-22(26)2)15-35(3)27-5-4-12-43(39,40)20-27/h6-8,11,13-14,19,24-25,27,31H,4-5,9-10,12,15-18,20H2,1-3H3,(H,37,38)/t24?,25?,27-,31?/m1/s1. The highest BCUT2D eigenvalue weighted by Crippen LogP contribution is 2.44. The van der Waals surface area contributed by atoms with Crippen molar-refractivity contribution < 1.29 is 23.1 Å². The molecular weight excluding hydrogens is 583 g/mol. The summed E-state index contributed by atoms with van der Waals surface area (Å²) < 4.78 is 30.6. The molecule has 3 atom stereocenters. The molecule has 230 valence electrons. The van der Waals surface area contributed by atoms with E-state index >= 15 is 0 Å². The lowest BCUT2D eigenvalue weighted by Gasteiger charge is -2.35. The number of carboxylic acid groups (broad SMARTS) is 1. The number of carboxylic acids is 1. The van der Waals surface area contributed by atoms with Gasteiger partial charge in [0, 0.05) is 36.6 Å². The van der Waals surface area contributed by atoms with Gasteiger partial charge in [-0.25, -0.2) is 13.4 Å². The number of benzene rings is 2. The highest BCUT2D eigenvalue weighted by molar-refractivity contribution is 7.91. The molecule has 8 nitrogen and oxygen atoms in total. The number of sulfone groups is 1. The summed E-state index contributed by atoms with van der Waals surface area (Å²) in [7, 11) is -0.923. The fourth-order valence-electron chi connectivity index (χ4n) is 7.22. The molecule has 3 fully saturated rings. The van der Waals surface area contributed by atoms with E-state index < -0.39 is 15.8 Å². The van der Waals surface area contributed by atoms with Crippen molar-refractivity contribution in [1.29, 1.82) is 0 Å². The van der Waals surface area contributed by atoms with E-state index in [1.807, 2.05) is 13.1 Å². The predicted molar refractivity (Wildman–Crippen MR) is 170 cm³/mol. The van der Waals surface area contributed by atoms with E-state index in [9.17, 15) is 18.3 Å². The quantitative estimate of drug-likeness (QED) is 0.331. The average Bonchev–Trinajstić information content (AvgIpc) is 3.55. The molecular formula is C33H41N3O5S2. The molecule has 1 aromatic heterocycles. The first-order chi connectivity index (χ1) is 20.6. The van der Waals surface area contributed by atoms with E-state index in [1.165, 1.54) is 5.56 Å². The van der Waals surface area contributed by atoms with Crippen molar-refractivity contribution >= 4 is 32.3 Å². The molecule has 10 heteroatoms. The third-order valence-corrected chi connectivity index (χ3v) is 12.3. The van der Waals surface area contributed by atoms with Crippen molar-refractivity contribution in [3.8, 4) is 17.0 Å². The number of ether oxygens (including phenoxy) is 1. The molecule has 3 heterocycles. The minimum atomic E-state index is -2.94. The molecule has 0 radical (unpaired) electrons. The summed E-state index contributed by atoms with van der Waals surface area (Å²) in [6.45, 7) is 6.81. The number of hydrogen-bond acceptors (Lipinski definition) is 8. The Hall–Kier alpha value is -2.95. The van der Waals surface area contributed by atoms with Gasteiger partial charge in [-0.15, -0.1) is 11.3 Å². The summed E-state index contributed by atoms with van der Waals surface area (Å²) in [6, 6.07) is 12.7. The first kappa shape index (κ1) is 30.1. The highest BCUT2D eigenvalue weighted by atomic mass is 32.2. The summed E-state index contributed by atoms with van der Waals surface area (Å²) >= 11 is 1.61. The largest absolute Gasteiger partial charge is 0.488 e. The summed E-state index contributed by atoms with van der Waals surface area (Å²) in [6.07, 6.45) is 3.62. The molecule has 2 saturated heterocycles. The molecule has 1 aliphatic carbocycles. The van der Waals surface area contributed by atoms with Crippen LogP contribution in [0.1, 0.15) is 47.9 Å². The van der Waals surface area contributed by atoms with Crippen LogP contribution < -0.4 is 9.64 Å². The monoisotopic (exact) mass is 623 g/mol. The lowest BCUT2D eigenvalue weighted by Crippen LogP contribution is -2.44. The highest BCUT2D eigenvalue weighted by Gasteiger charge is 2.46. The van der Waals surface area contributed by atoms with Crippen molar-refractivity contribution in [3.63, 3.8) is 0 Å². The molecule has 2 aromatic carbocycles. The third-order valence-electron chi connectivity index (χ3n) is 9.58. The van der Waals surface area contributed by atoms with Gasteiger partial charge in [-0.2, -0.15) is 0 Å². The molecule has 2 aliphatic heterocycles. The zero-order chi connectivity index (χ0) is 30.3. The van der Waals surface area contributed by atoms with Crippen molar-refractivity contribution in [2.75, 3.05) is 36.5 Å². The van der Waals surface area contributed by atoms with Crippen molar-refractivity contribution in [2.45, 2.75) is 58.7 Å². The van der Waals surface area contributed by atoms with E-state index in [0.717, 1.165) is 77.6 Å². The second kappa shape index (κ2) is 12.2. The SMILES string of the molecule is Cc1ccc(OCc2ccc(CN(C)[C@@H]3CCCS(=O)(=O)C3)cc2C)c(-c2csc(N3CC4CCC(C3)C4C(=O)O)n2)c1. The van der Waals surface area contributed by atoms with Crippen molar-refractivity contribution in [2.24, 2.45) is 17.8 Å². The van der Waals surface area contributed by atoms with Crippen molar-refractivity contribution in [1.82, 2.24) is 9.88 Å². The minimum absolute atomic E-state index is 0.0694. The molecule has 43 heavy (non-hydrogen) atoms. The smallest absolute Gasteiger partial charge is 0.307 e. The molecule has 3 aromatic rings. The number of fused-ring (bicyclic) bond motifs is 2. The Labute approximate surface area is 258 Å². The van der Waals surface area contributed by atoms with Gasteiger partial charge in [-0.05, 0) is 87.2 Å². The number of thiazole rings is 1. The first-order valence-corrected chi connectivity index (χ1v) is 17.9. The van der Waals surface area contributed by atoms with Gasteiger partial charge in [-0.1, -0.05) is 29.8 Å². The summed E-state index contributed by atoms with van der Waals surface area (Å²) in [5.74, 6) is 0.863. The topological polar surface area (TPSA) is 100 Å². The third kappa shape index (κ3) is 6.61. The van der Waals surface area contributed by atoms with Gasteiger partial charge in [0.05, 0.1) is 23.1 Å². The van der Waals surface area contributed by atoms with Gasteiger partial charge in [0.15, 0.2) is 15.0 Å². The summed E-state index contributed by atoms with van der Waals surface area (Å²) in [5.41, 5.74) is 6.39. The van der Waals surface area contributed by atoms with Gasteiger partial charge in [0.25, 0.3) is 0 Å². The summed E-state index contributed by atoms with van der Waals surface area (Å²) in [5, 5.41) is 12.7. The molecule has 6 rings (SSSR count). The van der Waals surface area contributed by atoms with Crippen LogP contribution in [0, 0.1) is 31.6 Å². The Morgan fingerprint density at radius 1 is 1.12 bits per heavy atom. The number of anilines is 1. The van der Waals surface area contributed by atoms with Crippen LogP contribution in [0.3, 0.4) is 0 Å². The maximum atomic E-state index is 12.1. The molecule has 3 aliphatic rings. The Kier molecular flexibility index (Phi) is 8.54. The van der Waals surface area contributed by atoms with Gasteiger partial charge in [0.1, 0.15) is 12.4 Å². The van der Waals surface area contributed by atoms with Crippen LogP contribution >= 0.6 is 11.3 Å². The summed E-state index contributed by atoms with van der Waals surface area (Å²) in [4.78, 5) is 21.2. The van der Waals surface area contributed by atoms with Gasteiger partial charge >= 0.3 is 5.97 Å². The molecule has 1 saturated carbocycles. The fourth-order valence-corrected chi connectivity index (χ4v) is 9.85. The zero-order valence-corrected chi connectivity index (χ0v) is 26.8. The Bertz CT molecular complexity index is 1590. The van der Waals surface area contributed by atoms with Crippen LogP contribution in [0.5, 0.6) is 5.75 Å². The number of aryl methyl sites for hydroxylation is 2. The van der Waals surface area contributed by atoms with Gasteiger partial charge in [0.2, 0.25) is 0 Å². The van der Waals surface area contributed by atoms with E-state index in [0.29, 0.717) is 18.9 Å². The number of piperidine rings is 1. The molecule has 2 bridgehead atoms. The van der Waals surface area contributed by atoms with E-state index in [4.69, 9.17) is 9.72 Å². The normalized spacial score (nSPS) is 24.8. The lowest BCUT2D eigenvalue weighted by atomic mass is 9.85. The van der Waals surface area contributed by atoms with Crippen LogP contribution in [0.25, 0.3) is 11.3 Å². The van der Waals surface area contributed by atoms with Crippen LogP contribution in [0.4, 0.5) is 5.13 Å². The number of hydrogen-bond donors (Lipinski definition) is 1. The Balaban J connectivity index is 1.12. The van der Waals surface area contributed by atoms with Crippen LogP contribution in [0.15, 0.2) is 41.8 Å². The second-order valence-electron chi connectivity index (χ2n) is 12.8.